The molecule has 0 spiro atoms. The van der Waals surface area contributed by atoms with Gasteiger partial charge < -0.3 is 9.90 Å². The smallest absolute Gasteiger partial charge is 0.187 e. The normalized spacial score (nSPS) is 12.4. The third-order valence-corrected chi connectivity index (χ3v) is 4.71. The molecule has 1 aromatic carbocycles. The first-order valence-corrected chi connectivity index (χ1v) is 8.05. The number of hydrogen-bond donors (Lipinski definition) is 0. The number of aromatic nitrogens is 5. The van der Waals surface area contributed by atoms with Crippen LogP contribution >= 0.6 is 23.4 Å². The first-order valence-electron chi connectivity index (χ1n) is 6.80. The molecule has 118 valence electrons. The number of carboxylic acid groups (broad SMARTS) is 1. The molecule has 0 aliphatic carbocycles. The summed E-state index contributed by atoms with van der Waals surface area (Å²) in [4.78, 5) is 19.4. The number of benzene rings is 1. The van der Waals surface area contributed by atoms with Gasteiger partial charge in [0.2, 0.25) is 0 Å². The molecule has 2 aromatic heterocycles. The van der Waals surface area contributed by atoms with Crippen LogP contribution in [0.2, 0.25) is 5.02 Å². The zero-order valence-electron chi connectivity index (χ0n) is 12.0. The van der Waals surface area contributed by atoms with Gasteiger partial charge in [-0.05, 0) is 24.6 Å². The van der Waals surface area contributed by atoms with Gasteiger partial charge in [-0.25, -0.2) is 9.97 Å². The Labute approximate surface area is 140 Å². The molecule has 3 rings (SSSR count). The average Bonchev–Trinajstić information content (AvgIpc) is 2.97. The number of fused-ring (bicyclic) bond motifs is 1. The molecule has 23 heavy (non-hydrogen) atoms. The van der Waals surface area contributed by atoms with Crippen molar-refractivity contribution >= 4 is 40.5 Å². The molecule has 0 radical (unpaired) electrons. The third kappa shape index (κ3) is 3.13. The second kappa shape index (κ2) is 6.51. The molecule has 0 saturated heterocycles. The molecule has 0 unspecified atom stereocenters. The van der Waals surface area contributed by atoms with E-state index in [1.165, 1.54) is 11.0 Å². The number of hydrogen-bond acceptors (Lipinski definition) is 7. The van der Waals surface area contributed by atoms with Gasteiger partial charge in [-0.3, -0.25) is 0 Å². The van der Waals surface area contributed by atoms with E-state index in [9.17, 15) is 9.90 Å². The lowest BCUT2D eigenvalue weighted by atomic mass is 10.3. The Morgan fingerprint density at radius 1 is 1.43 bits per heavy atom. The van der Waals surface area contributed by atoms with E-state index in [0.29, 0.717) is 33.3 Å². The largest absolute Gasteiger partial charge is 0.549 e. The maximum Gasteiger partial charge on any atom is 0.187 e. The molecule has 0 aliphatic heterocycles. The van der Waals surface area contributed by atoms with Crippen LogP contribution in [0.25, 0.3) is 16.9 Å². The lowest BCUT2D eigenvalue weighted by molar-refractivity contribution is -0.304. The van der Waals surface area contributed by atoms with E-state index in [1.807, 2.05) is 6.07 Å². The second-order valence-corrected chi connectivity index (χ2v) is 6.29. The summed E-state index contributed by atoms with van der Waals surface area (Å²) in [7, 11) is 0. The van der Waals surface area contributed by atoms with Crippen molar-refractivity contribution in [2.75, 3.05) is 0 Å². The minimum absolute atomic E-state index is 0.418. The van der Waals surface area contributed by atoms with Crippen LogP contribution in [0.4, 0.5) is 0 Å². The molecule has 0 saturated carbocycles. The maximum absolute atomic E-state index is 11.1. The monoisotopic (exact) mass is 348 g/mol. The molecule has 9 heteroatoms. The van der Waals surface area contributed by atoms with Crippen molar-refractivity contribution in [3.8, 4) is 5.69 Å². The van der Waals surface area contributed by atoms with Gasteiger partial charge in [-0.2, -0.15) is 4.68 Å². The number of thioether (sulfide) groups is 1. The molecule has 7 nitrogen and oxygen atoms in total. The Kier molecular flexibility index (Phi) is 4.44. The van der Waals surface area contributed by atoms with Gasteiger partial charge in [0.15, 0.2) is 11.2 Å². The Balaban J connectivity index is 2.05. The van der Waals surface area contributed by atoms with Crippen molar-refractivity contribution in [1.82, 2.24) is 25.0 Å². The fourth-order valence-electron chi connectivity index (χ4n) is 2.03. The fraction of sp³-hybridized carbons (Fsp3) is 0.214. The van der Waals surface area contributed by atoms with E-state index in [-0.39, 0.29) is 0 Å². The van der Waals surface area contributed by atoms with E-state index >= 15 is 0 Å². The predicted molar refractivity (Wildman–Crippen MR) is 84.4 cm³/mol. The van der Waals surface area contributed by atoms with E-state index in [1.54, 1.807) is 25.1 Å². The zero-order chi connectivity index (χ0) is 16.4. The molecule has 0 N–H and O–H groups in total. The number of carboxylic acids is 1. The molecule has 1 atom stereocenters. The molecule has 0 aliphatic rings. The molecule has 0 fully saturated rings. The van der Waals surface area contributed by atoms with Crippen molar-refractivity contribution in [3.63, 3.8) is 0 Å². The first kappa shape index (κ1) is 15.7. The molecule has 0 amide bonds. The highest BCUT2D eigenvalue weighted by Gasteiger charge is 2.17. The highest BCUT2D eigenvalue weighted by atomic mass is 35.5. The van der Waals surface area contributed by atoms with Gasteiger partial charge in [0.05, 0.1) is 16.9 Å². The van der Waals surface area contributed by atoms with Crippen molar-refractivity contribution in [3.05, 3.63) is 35.6 Å². The molecule has 0 bridgehead atoms. The Morgan fingerprint density at radius 2 is 2.26 bits per heavy atom. The lowest BCUT2D eigenvalue weighted by Crippen LogP contribution is -2.33. The maximum atomic E-state index is 11.1. The van der Waals surface area contributed by atoms with Crippen LogP contribution in [-0.2, 0) is 4.79 Å². The average molecular weight is 349 g/mol. The molecule has 2 heterocycles. The SMILES string of the molecule is CC[C@@H](Sc1ncnc2c1nnn2-c1cccc(Cl)c1)C(=O)[O-]. The van der Waals surface area contributed by atoms with Gasteiger partial charge in [-0.1, -0.05) is 41.6 Å². The van der Waals surface area contributed by atoms with Crippen LogP contribution in [0.1, 0.15) is 13.3 Å². The highest BCUT2D eigenvalue weighted by Crippen LogP contribution is 2.28. The van der Waals surface area contributed by atoms with Gasteiger partial charge >= 0.3 is 0 Å². The topological polar surface area (TPSA) is 96.6 Å². The van der Waals surface area contributed by atoms with Crippen LogP contribution in [0.15, 0.2) is 35.6 Å². The van der Waals surface area contributed by atoms with Gasteiger partial charge in [0.25, 0.3) is 0 Å². The summed E-state index contributed by atoms with van der Waals surface area (Å²) in [5, 5.41) is 19.6. The van der Waals surface area contributed by atoms with Crippen molar-refractivity contribution < 1.29 is 9.90 Å². The number of halogens is 1. The number of rotatable bonds is 5. The standard InChI is InChI=1S/C14H12ClN5O2S/c1-2-10(14(21)22)23-13-11-12(16-7-17-13)20(19-18-11)9-5-3-4-8(15)6-9/h3-7,10H,2H2,1H3,(H,21,22)/p-1/t10-/m1/s1. The number of nitrogens with zero attached hydrogens (tertiary/aromatic N) is 5. The van der Waals surface area contributed by atoms with E-state index in [0.717, 1.165) is 11.8 Å². The summed E-state index contributed by atoms with van der Waals surface area (Å²) in [6, 6.07) is 7.11. The van der Waals surface area contributed by atoms with E-state index < -0.39 is 11.2 Å². The zero-order valence-corrected chi connectivity index (χ0v) is 13.6. The number of carbonyl (C=O) groups is 1. The molecular formula is C14H11ClN5O2S-. The fourth-order valence-corrected chi connectivity index (χ4v) is 3.10. The van der Waals surface area contributed by atoms with E-state index in [4.69, 9.17) is 11.6 Å². The highest BCUT2D eigenvalue weighted by molar-refractivity contribution is 8.00. The Morgan fingerprint density at radius 3 is 2.96 bits per heavy atom. The summed E-state index contributed by atoms with van der Waals surface area (Å²) in [5.74, 6) is -1.13. The number of aliphatic carboxylic acids is 1. The first-order chi connectivity index (χ1) is 11.1. The van der Waals surface area contributed by atoms with Crippen molar-refractivity contribution in [1.29, 1.82) is 0 Å². The summed E-state index contributed by atoms with van der Waals surface area (Å²) < 4.78 is 1.53. The minimum atomic E-state index is -1.13. The summed E-state index contributed by atoms with van der Waals surface area (Å²) in [6.07, 6.45) is 1.78. The van der Waals surface area contributed by atoms with Crippen LogP contribution < -0.4 is 5.11 Å². The van der Waals surface area contributed by atoms with E-state index in [2.05, 4.69) is 20.3 Å². The van der Waals surface area contributed by atoms with Crippen LogP contribution in [0, 0.1) is 0 Å². The Hall–Kier alpha value is -2.19. The van der Waals surface area contributed by atoms with Crippen LogP contribution in [0.5, 0.6) is 0 Å². The van der Waals surface area contributed by atoms with Gasteiger partial charge in [0, 0.05) is 5.02 Å². The second-order valence-electron chi connectivity index (χ2n) is 4.67. The molecular weight excluding hydrogens is 338 g/mol. The minimum Gasteiger partial charge on any atom is -0.549 e. The van der Waals surface area contributed by atoms with Gasteiger partial charge in [0.1, 0.15) is 11.4 Å². The third-order valence-electron chi connectivity index (χ3n) is 3.14. The quantitative estimate of drug-likeness (QED) is 0.509. The van der Waals surface area contributed by atoms with Crippen LogP contribution in [0.3, 0.4) is 0 Å². The van der Waals surface area contributed by atoms with Crippen LogP contribution in [-0.4, -0.2) is 36.2 Å². The predicted octanol–water partition coefficient (Wildman–Crippen LogP) is 1.48. The Bertz CT molecular complexity index is 869. The summed E-state index contributed by atoms with van der Waals surface area (Å²) in [6.45, 7) is 1.77. The van der Waals surface area contributed by atoms with Crippen molar-refractivity contribution in [2.24, 2.45) is 0 Å². The summed E-state index contributed by atoms with van der Waals surface area (Å²) >= 11 is 7.08. The molecule has 3 aromatic rings. The lowest BCUT2D eigenvalue weighted by Gasteiger charge is -2.14. The number of carbonyl (C=O) groups excluding carboxylic acids is 1. The summed E-state index contributed by atoms with van der Waals surface area (Å²) in [5.41, 5.74) is 1.64. The van der Waals surface area contributed by atoms with Gasteiger partial charge in [-0.15, -0.1) is 5.10 Å². The van der Waals surface area contributed by atoms with Crippen molar-refractivity contribution in [2.45, 2.75) is 23.6 Å².